The van der Waals surface area contributed by atoms with Crippen molar-refractivity contribution in [2.24, 2.45) is 5.10 Å². The highest BCUT2D eigenvalue weighted by molar-refractivity contribution is 5.85. The van der Waals surface area contributed by atoms with E-state index in [0.29, 0.717) is 23.7 Å². The van der Waals surface area contributed by atoms with Gasteiger partial charge >= 0.3 is 5.97 Å². The second-order valence-electron chi connectivity index (χ2n) is 4.53. The molecule has 0 heterocycles. The molecule has 0 aliphatic rings. The zero-order valence-electron chi connectivity index (χ0n) is 12.7. The number of carboxylic acid groups (broad SMARTS) is 1. The average Bonchev–Trinajstić information content (AvgIpc) is 2.55. The Hall–Kier alpha value is -3.02. The molecule has 0 amide bonds. The molecule has 2 N–H and O–H groups in total. The largest absolute Gasteiger partial charge is 0.490 e. The molecule has 6 nitrogen and oxygen atoms in total. The standard InChI is InChI=1S/C17H18N2O4/c1-2-22-15-10-6-7-13(17(15)23-12-16(20)21)11-18-19-14-8-4-3-5-9-14/h3-11,19H,2,12H2,1H3,(H,20,21). The summed E-state index contributed by atoms with van der Waals surface area (Å²) in [7, 11) is 0. The van der Waals surface area contributed by atoms with Crippen LogP contribution >= 0.6 is 0 Å². The average molecular weight is 314 g/mol. The molecule has 0 fully saturated rings. The van der Waals surface area contributed by atoms with Gasteiger partial charge in [-0.1, -0.05) is 24.3 Å². The van der Waals surface area contributed by atoms with E-state index in [9.17, 15) is 4.79 Å². The van der Waals surface area contributed by atoms with Gasteiger partial charge in [-0.05, 0) is 31.2 Å². The smallest absolute Gasteiger partial charge is 0.341 e. The van der Waals surface area contributed by atoms with Crippen LogP contribution in [0.5, 0.6) is 11.5 Å². The first kappa shape index (κ1) is 16.4. The number of nitrogens with one attached hydrogen (secondary N) is 1. The maximum absolute atomic E-state index is 10.7. The second kappa shape index (κ2) is 8.43. The van der Waals surface area contributed by atoms with Crippen LogP contribution in [-0.4, -0.2) is 30.5 Å². The number of carboxylic acids is 1. The van der Waals surface area contributed by atoms with Crippen molar-refractivity contribution in [3.63, 3.8) is 0 Å². The normalized spacial score (nSPS) is 10.5. The van der Waals surface area contributed by atoms with Crippen molar-refractivity contribution in [3.8, 4) is 11.5 Å². The van der Waals surface area contributed by atoms with Gasteiger partial charge in [0.2, 0.25) is 0 Å². The highest BCUT2D eigenvalue weighted by atomic mass is 16.5. The Labute approximate surface area is 134 Å². The fourth-order valence-corrected chi connectivity index (χ4v) is 1.88. The molecule has 23 heavy (non-hydrogen) atoms. The summed E-state index contributed by atoms with van der Waals surface area (Å²) in [4.78, 5) is 10.7. The monoisotopic (exact) mass is 314 g/mol. The van der Waals surface area contributed by atoms with Crippen molar-refractivity contribution in [1.82, 2.24) is 0 Å². The lowest BCUT2D eigenvalue weighted by Gasteiger charge is -2.12. The zero-order chi connectivity index (χ0) is 16.5. The molecule has 0 radical (unpaired) electrons. The molecule has 0 aliphatic heterocycles. The van der Waals surface area contributed by atoms with Crippen LogP contribution in [0.1, 0.15) is 12.5 Å². The molecule has 0 spiro atoms. The SMILES string of the molecule is CCOc1cccc(C=NNc2ccccc2)c1OCC(=O)O. The summed E-state index contributed by atoms with van der Waals surface area (Å²) in [5.74, 6) is -0.214. The fraction of sp³-hybridized carbons (Fsp3) is 0.176. The van der Waals surface area contributed by atoms with Crippen LogP contribution in [0.15, 0.2) is 53.6 Å². The van der Waals surface area contributed by atoms with Crippen LogP contribution in [0.2, 0.25) is 0 Å². The number of hydrogen-bond donors (Lipinski definition) is 2. The van der Waals surface area contributed by atoms with Crippen LogP contribution in [-0.2, 0) is 4.79 Å². The summed E-state index contributed by atoms with van der Waals surface area (Å²) in [5.41, 5.74) is 4.36. The first-order valence-corrected chi connectivity index (χ1v) is 7.15. The first-order chi connectivity index (χ1) is 11.2. The number of benzene rings is 2. The van der Waals surface area contributed by atoms with Gasteiger partial charge in [0.1, 0.15) is 0 Å². The Balaban J connectivity index is 2.18. The van der Waals surface area contributed by atoms with Crippen molar-refractivity contribution in [1.29, 1.82) is 0 Å². The Morgan fingerprint density at radius 1 is 1.17 bits per heavy atom. The third kappa shape index (κ3) is 5.03. The number of hydrazone groups is 1. The van der Waals surface area contributed by atoms with E-state index in [1.54, 1.807) is 24.4 Å². The predicted molar refractivity (Wildman–Crippen MR) is 88.4 cm³/mol. The van der Waals surface area contributed by atoms with Gasteiger partial charge in [0.05, 0.1) is 18.5 Å². The Morgan fingerprint density at radius 2 is 1.96 bits per heavy atom. The third-order valence-corrected chi connectivity index (χ3v) is 2.82. The van der Waals surface area contributed by atoms with E-state index in [4.69, 9.17) is 14.6 Å². The van der Waals surface area contributed by atoms with Gasteiger partial charge in [-0.15, -0.1) is 0 Å². The molecule has 120 valence electrons. The quantitative estimate of drug-likeness (QED) is 0.578. The van der Waals surface area contributed by atoms with E-state index < -0.39 is 12.6 Å². The summed E-state index contributed by atoms with van der Waals surface area (Å²) < 4.78 is 10.8. The van der Waals surface area contributed by atoms with Crippen molar-refractivity contribution < 1.29 is 19.4 Å². The molecule has 0 bridgehead atoms. The van der Waals surface area contributed by atoms with E-state index in [0.717, 1.165) is 5.69 Å². The highest BCUT2D eigenvalue weighted by Gasteiger charge is 2.11. The zero-order valence-corrected chi connectivity index (χ0v) is 12.7. The molecular formula is C17H18N2O4. The molecular weight excluding hydrogens is 296 g/mol. The van der Waals surface area contributed by atoms with Gasteiger partial charge in [-0.3, -0.25) is 5.43 Å². The van der Waals surface area contributed by atoms with Crippen LogP contribution in [0.4, 0.5) is 5.69 Å². The minimum absolute atomic E-state index is 0.357. The molecule has 2 aromatic rings. The van der Waals surface area contributed by atoms with Crippen LogP contribution < -0.4 is 14.9 Å². The number of rotatable bonds is 8. The van der Waals surface area contributed by atoms with Crippen LogP contribution in [0.25, 0.3) is 0 Å². The van der Waals surface area contributed by atoms with Crippen LogP contribution in [0, 0.1) is 0 Å². The number of carbonyl (C=O) groups is 1. The molecule has 0 aliphatic carbocycles. The van der Waals surface area contributed by atoms with Crippen molar-refractivity contribution in [2.45, 2.75) is 6.92 Å². The van der Waals surface area contributed by atoms with E-state index in [-0.39, 0.29) is 0 Å². The minimum atomic E-state index is -1.05. The number of anilines is 1. The van der Waals surface area contributed by atoms with Gasteiger partial charge in [-0.25, -0.2) is 4.79 Å². The first-order valence-electron chi connectivity index (χ1n) is 7.15. The highest BCUT2D eigenvalue weighted by Crippen LogP contribution is 2.30. The Bertz CT molecular complexity index is 672. The number of nitrogens with zero attached hydrogens (tertiary/aromatic N) is 1. The Kier molecular flexibility index (Phi) is 5.99. The molecule has 0 aromatic heterocycles. The van der Waals surface area contributed by atoms with Crippen molar-refractivity contribution >= 4 is 17.9 Å². The van der Waals surface area contributed by atoms with E-state index >= 15 is 0 Å². The van der Waals surface area contributed by atoms with Crippen molar-refractivity contribution in [2.75, 3.05) is 18.6 Å². The number of hydrogen-bond acceptors (Lipinski definition) is 5. The summed E-state index contributed by atoms with van der Waals surface area (Å²) in [6.07, 6.45) is 1.56. The number of para-hydroxylation sites is 2. The predicted octanol–water partition coefficient (Wildman–Crippen LogP) is 2.99. The maximum atomic E-state index is 10.7. The molecule has 0 unspecified atom stereocenters. The third-order valence-electron chi connectivity index (χ3n) is 2.82. The van der Waals surface area contributed by atoms with Crippen molar-refractivity contribution in [3.05, 3.63) is 54.1 Å². The molecule has 6 heteroatoms. The molecule has 2 aromatic carbocycles. The Morgan fingerprint density at radius 3 is 2.65 bits per heavy atom. The lowest BCUT2D eigenvalue weighted by Crippen LogP contribution is -2.11. The van der Waals surface area contributed by atoms with Gasteiger partial charge < -0.3 is 14.6 Å². The van der Waals surface area contributed by atoms with Gasteiger partial charge in [0.15, 0.2) is 18.1 Å². The summed E-state index contributed by atoms with van der Waals surface area (Å²) in [6.45, 7) is 1.85. The number of aliphatic carboxylic acids is 1. The summed E-state index contributed by atoms with van der Waals surface area (Å²) >= 11 is 0. The van der Waals surface area contributed by atoms with Crippen LogP contribution in [0.3, 0.4) is 0 Å². The van der Waals surface area contributed by atoms with Gasteiger partial charge in [0.25, 0.3) is 0 Å². The minimum Gasteiger partial charge on any atom is -0.490 e. The lowest BCUT2D eigenvalue weighted by molar-refractivity contribution is -0.139. The fourth-order valence-electron chi connectivity index (χ4n) is 1.88. The molecule has 2 rings (SSSR count). The van der Waals surface area contributed by atoms with Gasteiger partial charge in [0, 0.05) is 5.56 Å². The van der Waals surface area contributed by atoms with E-state index in [2.05, 4.69) is 10.5 Å². The number of ether oxygens (including phenoxy) is 2. The summed E-state index contributed by atoms with van der Waals surface area (Å²) in [6, 6.07) is 14.8. The molecule has 0 atom stereocenters. The maximum Gasteiger partial charge on any atom is 0.341 e. The second-order valence-corrected chi connectivity index (χ2v) is 4.53. The van der Waals surface area contributed by atoms with E-state index in [1.165, 1.54) is 0 Å². The van der Waals surface area contributed by atoms with Gasteiger partial charge in [-0.2, -0.15) is 5.10 Å². The lowest BCUT2D eigenvalue weighted by atomic mass is 10.2. The van der Waals surface area contributed by atoms with E-state index in [1.807, 2.05) is 37.3 Å². The summed E-state index contributed by atoms with van der Waals surface area (Å²) in [5, 5.41) is 12.9. The molecule has 0 saturated carbocycles. The molecule has 0 saturated heterocycles. The topological polar surface area (TPSA) is 80.1 Å².